The van der Waals surface area contributed by atoms with Gasteiger partial charge in [-0.05, 0) is 26.0 Å². The van der Waals surface area contributed by atoms with E-state index in [0.29, 0.717) is 13.1 Å². The van der Waals surface area contributed by atoms with E-state index in [4.69, 9.17) is 9.90 Å². The number of halogens is 6. The van der Waals surface area contributed by atoms with Crippen molar-refractivity contribution in [1.29, 1.82) is 0 Å². The van der Waals surface area contributed by atoms with E-state index in [2.05, 4.69) is 15.3 Å². The summed E-state index contributed by atoms with van der Waals surface area (Å²) in [6.07, 6.45) is -5.63. The summed E-state index contributed by atoms with van der Waals surface area (Å²) in [5.74, 6) is -3.12. The van der Waals surface area contributed by atoms with Gasteiger partial charge in [0.25, 0.3) is 5.91 Å². The zero-order valence-electron chi connectivity index (χ0n) is 16.6. The lowest BCUT2D eigenvalue weighted by Crippen LogP contribution is -2.27. The second-order valence-electron chi connectivity index (χ2n) is 6.47. The minimum Gasteiger partial charge on any atom is -0.475 e. The molecule has 3 aromatic rings. The summed E-state index contributed by atoms with van der Waals surface area (Å²) in [6, 6.07) is 2.79. The maximum Gasteiger partial charge on any atom is 0.490 e. The summed E-state index contributed by atoms with van der Waals surface area (Å²) < 4.78 is 72.9. The average molecular weight is 465 g/mol. The van der Waals surface area contributed by atoms with Crippen LogP contribution in [0, 0.1) is 13.8 Å². The van der Waals surface area contributed by atoms with Crippen molar-refractivity contribution in [3.8, 4) is 0 Å². The molecule has 32 heavy (non-hydrogen) atoms. The van der Waals surface area contributed by atoms with Gasteiger partial charge in [-0.2, -0.15) is 26.3 Å². The number of alkyl halides is 6. The van der Waals surface area contributed by atoms with E-state index < -0.39 is 24.0 Å². The summed E-state index contributed by atoms with van der Waals surface area (Å²) >= 11 is 0. The van der Waals surface area contributed by atoms with Crippen LogP contribution in [0.2, 0.25) is 0 Å². The molecule has 2 N–H and O–H groups in total. The number of hydrogen-bond acceptors (Lipinski definition) is 4. The van der Waals surface area contributed by atoms with Crippen molar-refractivity contribution in [2.24, 2.45) is 0 Å². The highest BCUT2D eigenvalue weighted by Gasteiger charge is 2.38. The molecule has 14 heteroatoms. The van der Waals surface area contributed by atoms with Crippen LogP contribution in [0.3, 0.4) is 0 Å². The SMILES string of the molecule is Cc1ncn(CCNC(=O)c2ccn3cc(C(F)(F)F)nc3c2)c1C.O=C(O)C(F)(F)F. The summed E-state index contributed by atoms with van der Waals surface area (Å²) in [5.41, 5.74) is 1.28. The number of hydrogen-bond donors (Lipinski definition) is 2. The number of rotatable bonds is 4. The van der Waals surface area contributed by atoms with Crippen LogP contribution in [0.25, 0.3) is 5.65 Å². The predicted octanol–water partition coefficient (Wildman–Crippen LogP) is 3.23. The molecule has 0 spiro atoms. The van der Waals surface area contributed by atoms with Crippen LogP contribution in [0.15, 0.2) is 30.9 Å². The molecule has 8 nitrogen and oxygen atoms in total. The minimum atomic E-state index is -5.08. The van der Waals surface area contributed by atoms with Gasteiger partial charge in [0.1, 0.15) is 5.65 Å². The van der Waals surface area contributed by atoms with E-state index in [0.717, 1.165) is 17.6 Å². The number of pyridine rings is 1. The highest BCUT2D eigenvalue weighted by molar-refractivity contribution is 5.95. The quantitative estimate of drug-likeness (QED) is 0.577. The molecule has 3 heterocycles. The first-order valence-electron chi connectivity index (χ1n) is 8.82. The number of carbonyl (C=O) groups is 2. The topological polar surface area (TPSA) is 102 Å². The molecular weight excluding hydrogens is 448 g/mol. The van der Waals surface area contributed by atoms with Crippen LogP contribution in [0.4, 0.5) is 26.3 Å². The predicted molar refractivity (Wildman–Crippen MR) is 97.9 cm³/mol. The third kappa shape index (κ3) is 6.21. The molecule has 3 aromatic heterocycles. The number of imidazole rings is 2. The first kappa shape index (κ1) is 24.7. The van der Waals surface area contributed by atoms with Gasteiger partial charge < -0.3 is 19.4 Å². The van der Waals surface area contributed by atoms with Crippen molar-refractivity contribution < 1.29 is 41.0 Å². The highest BCUT2D eigenvalue weighted by Crippen LogP contribution is 2.28. The van der Waals surface area contributed by atoms with Gasteiger partial charge >= 0.3 is 18.3 Å². The Labute approximate surface area is 176 Å². The zero-order chi connectivity index (χ0) is 24.3. The summed E-state index contributed by atoms with van der Waals surface area (Å²) in [6.45, 7) is 4.78. The fourth-order valence-electron chi connectivity index (χ4n) is 2.42. The average Bonchev–Trinajstić information content (AvgIpc) is 3.25. The van der Waals surface area contributed by atoms with Crippen LogP contribution >= 0.6 is 0 Å². The van der Waals surface area contributed by atoms with Crippen LogP contribution in [0.5, 0.6) is 0 Å². The lowest BCUT2D eigenvalue weighted by atomic mass is 10.2. The maximum atomic E-state index is 12.7. The second kappa shape index (κ2) is 9.28. The van der Waals surface area contributed by atoms with Crippen LogP contribution < -0.4 is 5.32 Å². The molecule has 174 valence electrons. The molecular formula is C18H17F6N5O3. The molecule has 0 saturated heterocycles. The standard InChI is InChI=1S/C16H16F3N5O.C2HF3O2/c1-10-11(2)24(9-21-10)6-4-20-15(25)12-3-5-23-8-13(16(17,18)19)22-14(23)7-12;3-2(4,5)1(6)7/h3,5,7-9H,4,6H2,1-2H3,(H,20,25);(H,6,7). The van der Waals surface area contributed by atoms with Crippen molar-refractivity contribution in [2.75, 3.05) is 6.54 Å². The number of fused-ring (bicyclic) bond motifs is 1. The van der Waals surface area contributed by atoms with Gasteiger partial charge in [-0.15, -0.1) is 0 Å². The Hall–Kier alpha value is -3.58. The first-order chi connectivity index (χ1) is 14.7. The number of amides is 1. The number of aryl methyl sites for hydroxylation is 1. The van der Waals surface area contributed by atoms with E-state index in [1.807, 2.05) is 18.4 Å². The van der Waals surface area contributed by atoms with Gasteiger partial charge in [0.15, 0.2) is 5.69 Å². The Bertz CT molecular complexity index is 1120. The fraction of sp³-hybridized carbons (Fsp3) is 0.333. The molecule has 3 rings (SSSR count). The number of nitrogens with zero attached hydrogens (tertiary/aromatic N) is 4. The van der Waals surface area contributed by atoms with Crippen molar-refractivity contribution in [2.45, 2.75) is 32.7 Å². The first-order valence-corrected chi connectivity index (χ1v) is 8.82. The number of carboxylic acids is 1. The van der Waals surface area contributed by atoms with Crippen molar-refractivity contribution >= 4 is 17.5 Å². The Morgan fingerprint density at radius 2 is 1.78 bits per heavy atom. The molecule has 0 bridgehead atoms. The molecule has 1 amide bonds. The Balaban J connectivity index is 0.000000451. The minimum absolute atomic E-state index is 0.0704. The Morgan fingerprint density at radius 1 is 1.16 bits per heavy atom. The molecule has 0 fully saturated rings. The zero-order valence-corrected chi connectivity index (χ0v) is 16.6. The third-order valence-corrected chi connectivity index (χ3v) is 4.24. The fourth-order valence-corrected chi connectivity index (χ4v) is 2.42. The van der Waals surface area contributed by atoms with Crippen molar-refractivity contribution in [1.82, 2.24) is 24.3 Å². The van der Waals surface area contributed by atoms with Gasteiger partial charge in [-0.3, -0.25) is 4.79 Å². The molecule has 0 aromatic carbocycles. The highest BCUT2D eigenvalue weighted by atomic mass is 19.4. The number of aliphatic carboxylic acids is 1. The molecule has 0 aliphatic heterocycles. The molecule has 0 aliphatic carbocycles. The van der Waals surface area contributed by atoms with Gasteiger partial charge in [-0.1, -0.05) is 0 Å². The Morgan fingerprint density at radius 3 is 2.28 bits per heavy atom. The number of carboxylic acid groups (broad SMARTS) is 1. The van der Waals surface area contributed by atoms with Crippen LogP contribution in [0.1, 0.15) is 27.4 Å². The summed E-state index contributed by atoms with van der Waals surface area (Å²) in [4.78, 5) is 28.8. The monoisotopic (exact) mass is 465 g/mol. The number of nitrogens with one attached hydrogen (secondary N) is 1. The largest absolute Gasteiger partial charge is 0.490 e. The van der Waals surface area contributed by atoms with Crippen LogP contribution in [-0.2, 0) is 17.5 Å². The van der Waals surface area contributed by atoms with Gasteiger partial charge in [0.2, 0.25) is 0 Å². The molecule has 0 aliphatic rings. The van der Waals surface area contributed by atoms with E-state index in [1.54, 1.807) is 6.33 Å². The van der Waals surface area contributed by atoms with E-state index in [-0.39, 0.29) is 17.1 Å². The van der Waals surface area contributed by atoms with Crippen molar-refractivity contribution in [3.63, 3.8) is 0 Å². The molecule has 0 unspecified atom stereocenters. The Kier molecular flexibility index (Phi) is 7.16. The molecule has 0 atom stereocenters. The maximum absolute atomic E-state index is 12.7. The normalized spacial score (nSPS) is 11.8. The van der Waals surface area contributed by atoms with Crippen LogP contribution in [-0.4, -0.2) is 48.6 Å². The van der Waals surface area contributed by atoms with E-state index >= 15 is 0 Å². The van der Waals surface area contributed by atoms with E-state index in [1.165, 1.54) is 22.7 Å². The summed E-state index contributed by atoms with van der Waals surface area (Å²) in [5, 5.41) is 9.86. The van der Waals surface area contributed by atoms with E-state index in [9.17, 15) is 31.1 Å². The third-order valence-electron chi connectivity index (χ3n) is 4.24. The second-order valence-corrected chi connectivity index (χ2v) is 6.47. The number of aromatic nitrogens is 4. The molecule has 0 saturated carbocycles. The van der Waals surface area contributed by atoms with Gasteiger partial charge in [0, 0.05) is 36.7 Å². The lowest BCUT2D eigenvalue weighted by molar-refractivity contribution is -0.192. The molecule has 0 radical (unpaired) electrons. The smallest absolute Gasteiger partial charge is 0.475 e. The number of carbonyl (C=O) groups excluding carboxylic acids is 1. The van der Waals surface area contributed by atoms with Crippen molar-refractivity contribution in [3.05, 3.63) is 53.5 Å². The van der Waals surface area contributed by atoms with Gasteiger partial charge in [0.05, 0.1) is 12.0 Å². The summed E-state index contributed by atoms with van der Waals surface area (Å²) in [7, 11) is 0. The lowest BCUT2D eigenvalue weighted by Gasteiger charge is -2.08. The van der Waals surface area contributed by atoms with Gasteiger partial charge in [-0.25, -0.2) is 14.8 Å².